The topological polar surface area (TPSA) is 45.2 Å². The maximum absolute atomic E-state index is 5.88. The zero-order chi connectivity index (χ0) is 69.9. The van der Waals surface area contributed by atoms with Crippen LogP contribution in [0.5, 0.6) is 0 Å². The van der Waals surface area contributed by atoms with Gasteiger partial charge in [0.05, 0.1) is 0 Å². The molecule has 5 nitrogen and oxygen atoms in total. The third-order valence-corrected chi connectivity index (χ3v) is 20.3. The Kier molecular flexibility index (Phi) is 16.4. The first-order valence-corrected chi connectivity index (χ1v) is 35.5. The zero-order valence-electron chi connectivity index (χ0n) is 61.4. The Morgan fingerprint density at radius 2 is 0.485 bits per heavy atom. The van der Waals surface area contributed by atoms with Gasteiger partial charge in [-0.1, -0.05) is 282 Å². The molecule has 0 spiro atoms. The van der Waals surface area contributed by atoms with Crippen molar-refractivity contribution in [2.75, 3.05) is 9.80 Å². The summed E-state index contributed by atoms with van der Waals surface area (Å²) in [6.45, 7) is 41.5. The summed E-state index contributed by atoms with van der Waals surface area (Å²) in [6, 6.07) is 91.6. The van der Waals surface area contributed by atoms with Gasteiger partial charge in [0.25, 0.3) is 6.71 Å². The van der Waals surface area contributed by atoms with Crippen LogP contribution in [0.4, 0.5) is 34.1 Å². The molecule has 14 rings (SSSR count). The second-order valence-electron chi connectivity index (χ2n) is 34.0. The molecule has 0 bridgehead atoms. The minimum absolute atomic E-state index is 0.162. The van der Waals surface area contributed by atoms with Crippen molar-refractivity contribution < 1.29 is 0 Å². The number of fused-ring (bicyclic) bond motifs is 4. The van der Waals surface area contributed by atoms with Gasteiger partial charge in [-0.05, 0) is 212 Å². The van der Waals surface area contributed by atoms with Crippen LogP contribution >= 0.6 is 0 Å². The van der Waals surface area contributed by atoms with E-state index in [-0.39, 0.29) is 39.2 Å². The SMILES string of the molecule is CC(C)(C)c1cc(-c2nc(-c3cc(C(C)(C)C)cc(C(C)(C)C)c3)nc(-c3cc4c5c(c3)N(c3cc(-c6ccccc6)cc(-c6ccccc6)c3)c3cc(C(C)(C)C)ccc3B5c3ccc(C(C)(C)C)cc3N4c3cc(-c4ccccc4)cc(-c4ccccc4)c3)n2)cc(C(C)(C)C)c1. The lowest BCUT2D eigenvalue weighted by atomic mass is 9.33. The fourth-order valence-electron chi connectivity index (χ4n) is 14.3. The summed E-state index contributed by atoms with van der Waals surface area (Å²) in [6.07, 6.45) is 0. The van der Waals surface area contributed by atoms with Gasteiger partial charge < -0.3 is 9.80 Å². The largest absolute Gasteiger partial charge is 0.311 e. The van der Waals surface area contributed by atoms with Gasteiger partial charge in [-0.15, -0.1) is 0 Å². The van der Waals surface area contributed by atoms with Gasteiger partial charge in [0.1, 0.15) is 0 Å². The van der Waals surface area contributed by atoms with Crippen LogP contribution in [-0.4, -0.2) is 21.7 Å². The minimum Gasteiger partial charge on any atom is -0.311 e. The van der Waals surface area contributed by atoms with E-state index in [0.717, 1.165) is 95.3 Å². The van der Waals surface area contributed by atoms with Crippen molar-refractivity contribution in [2.45, 2.75) is 157 Å². The standard InChI is InChI=1S/C93H94BN5/c1-88(2,3)70-39-41-78-80(57-70)98(76-49-63(59-31-23-19-24-32-59)43-64(50-76)60-33-25-20-26-34-60)82-53-69(87-96-85(67-45-72(90(7,8)9)55-73(46-67)91(10,11)12)95-86(97-87)68-47-74(92(13,14)15)56-75(48-68)93(16,17)18)54-83-84(82)94(78)79-42-40-71(89(4,5)6)58-81(79)99(83)77-51-65(61-35-27-21-28-36-61)44-66(52-77)62-37-29-22-30-38-62/h19-58H,1-18H3. The first-order valence-electron chi connectivity index (χ1n) is 35.5. The Labute approximate surface area is 590 Å². The van der Waals surface area contributed by atoms with Crippen molar-refractivity contribution in [2.24, 2.45) is 0 Å². The monoisotopic (exact) mass is 1290 g/mol. The van der Waals surface area contributed by atoms with Crippen LogP contribution in [0.1, 0.15) is 158 Å². The highest BCUT2D eigenvalue weighted by molar-refractivity contribution is 7.00. The Morgan fingerprint density at radius 1 is 0.222 bits per heavy atom. The van der Waals surface area contributed by atoms with Crippen molar-refractivity contribution in [3.63, 3.8) is 0 Å². The lowest BCUT2D eigenvalue weighted by Gasteiger charge is -2.45. The maximum Gasteiger partial charge on any atom is 0.252 e. The van der Waals surface area contributed by atoms with Gasteiger partial charge in [-0.25, -0.2) is 15.0 Å². The maximum atomic E-state index is 5.88. The number of rotatable bonds is 9. The summed E-state index contributed by atoms with van der Waals surface area (Å²) >= 11 is 0. The van der Waals surface area contributed by atoms with Crippen LogP contribution in [0, 0.1) is 0 Å². The van der Waals surface area contributed by atoms with Crippen molar-refractivity contribution in [1.82, 2.24) is 15.0 Å². The number of benzene rings is 11. The van der Waals surface area contributed by atoms with E-state index in [9.17, 15) is 0 Å². The third kappa shape index (κ3) is 13.0. The number of hydrogen-bond donors (Lipinski definition) is 0. The molecule has 12 aromatic rings. The average molecular weight is 1290 g/mol. The van der Waals surface area contributed by atoms with E-state index in [0.29, 0.717) is 17.5 Å². The predicted octanol–water partition coefficient (Wildman–Crippen LogP) is 23.4. The molecule has 0 unspecified atom stereocenters. The van der Waals surface area contributed by atoms with Crippen LogP contribution in [0.15, 0.2) is 243 Å². The van der Waals surface area contributed by atoms with Crippen molar-refractivity contribution in [3.05, 3.63) is 276 Å². The third-order valence-electron chi connectivity index (χ3n) is 20.3. The van der Waals surface area contributed by atoms with Gasteiger partial charge in [-0.3, -0.25) is 0 Å². The average Bonchev–Trinajstić information content (AvgIpc) is 0.693. The Bertz CT molecular complexity index is 4570. The van der Waals surface area contributed by atoms with E-state index >= 15 is 0 Å². The molecular weight excluding hydrogens is 1200 g/mol. The molecule has 11 aromatic carbocycles. The summed E-state index contributed by atoms with van der Waals surface area (Å²) in [5.74, 6) is 1.86. The lowest BCUT2D eigenvalue weighted by molar-refractivity contribution is 0.568. The Balaban J connectivity index is 1.17. The van der Waals surface area contributed by atoms with E-state index < -0.39 is 0 Å². The summed E-state index contributed by atoms with van der Waals surface area (Å²) < 4.78 is 0. The number of nitrogens with zero attached hydrogens (tertiary/aromatic N) is 5. The first-order chi connectivity index (χ1) is 46.8. The fourth-order valence-corrected chi connectivity index (χ4v) is 14.3. The van der Waals surface area contributed by atoms with Gasteiger partial charge >= 0.3 is 0 Å². The van der Waals surface area contributed by atoms with E-state index in [1.807, 2.05) is 0 Å². The van der Waals surface area contributed by atoms with Gasteiger partial charge in [0.2, 0.25) is 0 Å². The fraction of sp³-hybridized carbons (Fsp3) is 0.258. The number of aromatic nitrogens is 3. The molecule has 0 atom stereocenters. The molecule has 0 fully saturated rings. The van der Waals surface area contributed by atoms with Crippen LogP contribution in [-0.2, 0) is 32.5 Å². The van der Waals surface area contributed by atoms with E-state index in [1.165, 1.54) is 49.8 Å². The molecule has 2 aliphatic rings. The first kappa shape index (κ1) is 66.3. The predicted molar refractivity (Wildman–Crippen MR) is 424 cm³/mol. The molecule has 494 valence electrons. The molecule has 2 aliphatic heterocycles. The van der Waals surface area contributed by atoms with E-state index in [4.69, 9.17) is 15.0 Å². The smallest absolute Gasteiger partial charge is 0.252 e. The van der Waals surface area contributed by atoms with Crippen LogP contribution in [0.25, 0.3) is 78.7 Å². The number of anilines is 6. The molecule has 0 saturated heterocycles. The van der Waals surface area contributed by atoms with Gasteiger partial charge in [-0.2, -0.15) is 0 Å². The van der Waals surface area contributed by atoms with E-state index in [1.54, 1.807) is 0 Å². The normalized spacial score (nSPS) is 13.3. The Hall–Kier alpha value is -9.91. The highest BCUT2D eigenvalue weighted by atomic mass is 15.2. The van der Waals surface area contributed by atoms with Crippen LogP contribution in [0.2, 0.25) is 0 Å². The molecule has 0 amide bonds. The summed E-state index contributed by atoms with van der Waals surface area (Å²) in [5, 5.41) is 0. The second kappa shape index (κ2) is 24.5. The summed E-state index contributed by atoms with van der Waals surface area (Å²) in [5.41, 5.74) is 28.6. The molecule has 0 N–H and O–H groups in total. The quantitative estimate of drug-likeness (QED) is 0.135. The summed E-state index contributed by atoms with van der Waals surface area (Å²) in [4.78, 5) is 22.7. The lowest BCUT2D eigenvalue weighted by Crippen LogP contribution is -2.61. The molecule has 0 saturated carbocycles. The highest BCUT2D eigenvalue weighted by Gasteiger charge is 2.45. The van der Waals surface area contributed by atoms with E-state index in [2.05, 4.69) is 377 Å². The minimum atomic E-state index is -0.183. The van der Waals surface area contributed by atoms with Crippen molar-refractivity contribution in [3.8, 4) is 78.7 Å². The van der Waals surface area contributed by atoms with Crippen LogP contribution in [0.3, 0.4) is 0 Å². The van der Waals surface area contributed by atoms with Gasteiger partial charge in [0, 0.05) is 50.8 Å². The second-order valence-corrected chi connectivity index (χ2v) is 34.0. The number of hydrogen-bond acceptors (Lipinski definition) is 5. The van der Waals surface area contributed by atoms with Crippen LogP contribution < -0.4 is 26.2 Å². The molecule has 1 aromatic heterocycles. The molecule has 3 heterocycles. The molecule has 0 aliphatic carbocycles. The molecular formula is C93H94BN5. The summed E-state index contributed by atoms with van der Waals surface area (Å²) in [7, 11) is 0. The van der Waals surface area contributed by atoms with Gasteiger partial charge in [0.15, 0.2) is 17.5 Å². The van der Waals surface area contributed by atoms with Crippen molar-refractivity contribution in [1.29, 1.82) is 0 Å². The molecule has 99 heavy (non-hydrogen) atoms. The van der Waals surface area contributed by atoms with Crippen molar-refractivity contribution >= 4 is 57.2 Å². The molecule has 0 radical (unpaired) electrons. The zero-order valence-corrected chi connectivity index (χ0v) is 61.4. The highest BCUT2D eigenvalue weighted by Crippen LogP contribution is 2.50. The Morgan fingerprint density at radius 3 is 0.747 bits per heavy atom. The molecule has 6 heteroatoms.